The third kappa shape index (κ3) is 6.11. The Morgan fingerprint density at radius 2 is 1.18 bits per heavy atom. The molecule has 0 bridgehead atoms. The van der Waals surface area contributed by atoms with Crippen molar-refractivity contribution in [2.45, 2.75) is 24.5 Å². The van der Waals surface area contributed by atoms with Crippen LogP contribution in [0.15, 0.2) is 140 Å². The molecule has 5 rings (SSSR count). The number of hydrogen-bond acceptors (Lipinski definition) is 5. The Labute approximate surface area is 233 Å². The van der Waals surface area contributed by atoms with E-state index < -0.39 is 16.7 Å². The van der Waals surface area contributed by atoms with Gasteiger partial charge in [0.05, 0.1) is 18.0 Å². The summed E-state index contributed by atoms with van der Waals surface area (Å²) in [4.78, 5) is 17.1. The van der Waals surface area contributed by atoms with Gasteiger partial charge < -0.3 is 14.9 Å². The first-order chi connectivity index (χ1) is 18.9. The van der Waals surface area contributed by atoms with Gasteiger partial charge >= 0.3 is 0 Å². The number of ketones is 1. The van der Waals surface area contributed by atoms with Gasteiger partial charge in [-0.05, 0) is 115 Å². The molecule has 4 nitrogen and oxygen atoms in total. The topological polar surface area (TPSA) is 66.8 Å². The average Bonchev–Trinajstić information content (AvgIpc) is 2.97. The van der Waals surface area contributed by atoms with E-state index in [1.54, 1.807) is 67.8 Å². The van der Waals surface area contributed by atoms with Crippen LogP contribution in [0.25, 0.3) is 0 Å². The lowest BCUT2D eigenvalue weighted by Gasteiger charge is -2.10. The fourth-order valence-electron chi connectivity index (χ4n) is 3.98. The minimum absolute atomic E-state index is 0.193. The third-order valence-corrected chi connectivity index (χ3v) is 9.27. The fourth-order valence-corrected chi connectivity index (χ4v) is 6.84. The van der Waals surface area contributed by atoms with Crippen LogP contribution in [-0.4, -0.2) is 23.1 Å². The molecular weight excluding hydrogens is 531 g/mol. The van der Waals surface area contributed by atoms with Crippen LogP contribution in [0.5, 0.6) is 17.2 Å². The molecule has 7 heteroatoms. The maximum absolute atomic E-state index is 15.0. The molecule has 0 aliphatic heterocycles. The summed E-state index contributed by atoms with van der Waals surface area (Å²) in [5, 5.41) is 19.5. The zero-order valence-corrected chi connectivity index (χ0v) is 22.5. The monoisotopic (exact) mass is 555 g/mol. The van der Waals surface area contributed by atoms with E-state index in [0.717, 1.165) is 19.6 Å². The van der Waals surface area contributed by atoms with Crippen LogP contribution in [0.2, 0.25) is 0 Å². The van der Waals surface area contributed by atoms with Crippen molar-refractivity contribution in [1.82, 2.24) is 0 Å². The van der Waals surface area contributed by atoms with Gasteiger partial charge in [0.15, 0.2) is 20.5 Å². The Bertz CT molecular complexity index is 1540. The second-order valence-corrected chi connectivity index (χ2v) is 11.7. The molecule has 0 spiro atoms. The number of halogens is 1. The van der Waals surface area contributed by atoms with Gasteiger partial charge in [-0.3, -0.25) is 4.79 Å². The molecule has 0 amide bonds. The number of ether oxygens (including phenoxy) is 1. The second kappa shape index (κ2) is 11.7. The van der Waals surface area contributed by atoms with Crippen LogP contribution in [0, 0.1) is 5.82 Å². The molecule has 0 aliphatic carbocycles. The average molecular weight is 556 g/mol. The molecule has 2 N–H and O–H groups in total. The Balaban J connectivity index is 1.36. The van der Waals surface area contributed by atoms with Gasteiger partial charge in [0.25, 0.3) is 0 Å². The van der Waals surface area contributed by atoms with Gasteiger partial charge in [0.1, 0.15) is 23.1 Å². The standard InChI is InChI=1S/C32H23FO4S2/c1-37-25-9-2-21(3-10-25)32(36)22-4-19-31(30(33)20-22)38-26-11-17-29(18-12-26)39(27-13-5-23(34)6-14-27)28-15-7-24(35)8-16-28/h2-20H,1H3,(H-,34,35)/p+1. The van der Waals surface area contributed by atoms with Crippen molar-refractivity contribution in [3.8, 4) is 17.2 Å². The van der Waals surface area contributed by atoms with Gasteiger partial charge in [-0.2, -0.15) is 0 Å². The number of phenols is 2. The summed E-state index contributed by atoms with van der Waals surface area (Å²) in [6, 6.07) is 33.3. The predicted octanol–water partition coefficient (Wildman–Crippen LogP) is 7.72. The van der Waals surface area contributed by atoms with E-state index >= 15 is 4.39 Å². The lowest BCUT2D eigenvalue weighted by molar-refractivity contribution is 0.103. The van der Waals surface area contributed by atoms with Crippen molar-refractivity contribution < 1.29 is 24.1 Å². The molecule has 5 aromatic rings. The van der Waals surface area contributed by atoms with Crippen molar-refractivity contribution in [3.63, 3.8) is 0 Å². The van der Waals surface area contributed by atoms with Crippen LogP contribution in [-0.2, 0) is 10.9 Å². The first kappa shape index (κ1) is 26.4. The summed E-state index contributed by atoms with van der Waals surface area (Å²) in [7, 11) is 1.09. The fraction of sp³-hybridized carbons (Fsp3) is 0.0312. The Hall–Kier alpha value is -4.20. The molecule has 0 fully saturated rings. The van der Waals surface area contributed by atoms with E-state index in [9.17, 15) is 15.0 Å². The smallest absolute Gasteiger partial charge is 0.193 e. The molecule has 194 valence electrons. The summed E-state index contributed by atoms with van der Waals surface area (Å²) in [6.45, 7) is 0. The van der Waals surface area contributed by atoms with Crippen molar-refractivity contribution in [3.05, 3.63) is 132 Å². The van der Waals surface area contributed by atoms with Gasteiger partial charge in [-0.15, -0.1) is 0 Å². The summed E-state index contributed by atoms with van der Waals surface area (Å²) in [5.41, 5.74) is 0.744. The number of hydrogen-bond donors (Lipinski definition) is 2. The lowest BCUT2D eigenvalue weighted by Crippen LogP contribution is -2.04. The Morgan fingerprint density at radius 1 is 0.692 bits per heavy atom. The molecule has 0 aliphatic rings. The van der Waals surface area contributed by atoms with Crippen LogP contribution in [0.3, 0.4) is 0 Å². The predicted molar refractivity (Wildman–Crippen MR) is 152 cm³/mol. The quantitative estimate of drug-likeness (QED) is 0.152. The largest absolute Gasteiger partial charge is 0.508 e. The maximum Gasteiger partial charge on any atom is 0.193 e. The summed E-state index contributed by atoms with van der Waals surface area (Å²) < 4.78 is 20.1. The molecule has 0 aromatic heterocycles. The first-order valence-corrected chi connectivity index (χ1v) is 14.0. The van der Waals surface area contributed by atoms with Gasteiger partial charge in [0.2, 0.25) is 0 Å². The first-order valence-electron chi connectivity index (χ1n) is 12.0. The van der Waals surface area contributed by atoms with Crippen LogP contribution in [0.4, 0.5) is 4.39 Å². The van der Waals surface area contributed by atoms with Gasteiger partial charge in [-0.25, -0.2) is 4.39 Å². The molecule has 0 saturated heterocycles. The zero-order chi connectivity index (χ0) is 27.4. The van der Waals surface area contributed by atoms with E-state index in [1.807, 2.05) is 48.5 Å². The Morgan fingerprint density at radius 3 is 1.67 bits per heavy atom. The van der Waals surface area contributed by atoms with E-state index in [0.29, 0.717) is 16.2 Å². The third-order valence-electron chi connectivity index (χ3n) is 5.98. The van der Waals surface area contributed by atoms with Crippen molar-refractivity contribution in [2.75, 3.05) is 7.11 Å². The van der Waals surface area contributed by atoms with Crippen molar-refractivity contribution >= 4 is 28.4 Å². The van der Waals surface area contributed by atoms with Crippen molar-refractivity contribution in [2.24, 2.45) is 0 Å². The van der Waals surface area contributed by atoms with Crippen LogP contribution < -0.4 is 4.74 Å². The number of phenolic OH excluding ortho intramolecular Hbond substituents is 2. The molecule has 0 unspecified atom stereocenters. The highest BCUT2D eigenvalue weighted by molar-refractivity contribution is 7.99. The summed E-state index contributed by atoms with van der Waals surface area (Å²) in [6.07, 6.45) is 0. The number of benzene rings is 5. The Kier molecular flexibility index (Phi) is 7.91. The highest BCUT2D eigenvalue weighted by Crippen LogP contribution is 2.36. The van der Waals surface area contributed by atoms with Gasteiger partial charge in [-0.1, -0.05) is 11.8 Å². The normalized spacial score (nSPS) is 10.9. The minimum Gasteiger partial charge on any atom is -0.508 e. The highest BCUT2D eigenvalue weighted by Gasteiger charge is 2.28. The minimum atomic E-state index is -0.470. The second-order valence-electron chi connectivity index (χ2n) is 8.57. The molecule has 0 radical (unpaired) electrons. The van der Waals surface area contributed by atoms with E-state index in [-0.39, 0.29) is 22.8 Å². The van der Waals surface area contributed by atoms with Crippen LogP contribution in [0.1, 0.15) is 15.9 Å². The maximum atomic E-state index is 15.0. The molecule has 0 saturated carbocycles. The van der Waals surface area contributed by atoms with E-state index in [2.05, 4.69) is 0 Å². The number of methoxy groups -OCH3 is 1. The molecule has 0 atom stereocenters. The molecule has 5 aromatic carbocycles. The van der Waals surface area contributed by atoms with Crippen LogP contribution >= 0.6 is 11.8 Å². The summed E-state index contributed by atoms with van der Waals surface area (Å²) in [5.74, 6) is 0.315. The number of carbonyl (C=O) groups excluding carboxylic acids is 1. The number of carbonyl (C=O) groups is 1. The van der Waals surface area contributed by atoms with Gasteiger partial charge in [0, 0.05) is 20.9 Å². The molecular formula is C32H24FO4S2+. The highest BCUT2D eigenvalue weighted by atomic mass is 32.2. The number of rotatable bonds is 8. The molecule has 0 heterocycles. The lowest BCUT2D eigenvalue weighted by atomic mass is 10.0. The summed E-state index contributed by atoms with van der Waals surface area (Å²) >= 11 is 1.29. The number of aromatic hydroxyl groups is 2. The zero-order valence-electron chi connectivity index (χ0n) is 20.9. The van der Waals surface area contributed by atoms with Crippen molar-refractivity contribution in [1.29, 1.82) is 0 Å². The van der Waals surface area contributed by atoms with E-state index in [4.69, 9.17) is 4.74 Å². The molecule has 39 heavy (non-hydrogen) atoms. The SMILES string of the molecule is COc1ccc(C(=O)c2ccc(Sc3ccc([S+](c4ccc(O)cc4)c4ccc(O)cc4)cc3)c(F)c2)cc1. The van der Waals surface area contributed by atoms with E-state index in [1.165, 1.54) is 17.8 Å².